The Kier molecular flexibility index (Phi) is 4.67. The fourth-order valence-corrected chi connectivity index (χ4v) is 3.11. The van der Waals surface area contributed by atoms with Gasteiger partial charge in [0.05, 0.1) is 11.6 Å². The third-order valence-corrected chi connectivity index (χ3v) is 4.06. The molecule has 0 saturated carbocycles. The fourth-order valence-electron chi connectivity index (χ4n) is 3.11. The SMILES string of the molecule is CC(C)(C)C1=C(C(C)(C)C)C(=Cc2ccc(C#N)cc2)C=CC1=O. The minimum Gasteiger partial charge on any atom is -0.290 e. The standard InChI is InChI=1S/C22H25NO/c1-21(2,3)19-17(11-12-18(24)20(19)22(4,5)6)13-15-7-9-16(14-23)10-8-15/h7-13H,1-6H3. The van der Waals surface area contributed by atoms with E-state index < -0.39 is 0 Å². The van der Waals surface area contributed by atoms with Gasteiger partial charge in [-0.3, -0.25) is 4.79 Å². The number of allylic oxidation sites excluding steroid dienone is 5. The molecule has 0 aromatic heterocycles. The lowest BCUT2D eigenvalue weighted by Crippen LogP contribution is -2.27. The van der Waals surface area contributed by atoms with Crippen LogP contribution in [-0.4, -0.2) is 5.78 Å². The zero-order chi connectivity index (χ0) is 18.1. The minimum absolute atomic E-state index is 0.101. The number of rotatable bonds is 1. The molecule has 0 spiro atoms. The molecule has 0 N–H and O–H groups in total. The molecule has 0 saturated heterocycles. The van der Waals surface area contributed by atoms with E-state index in [2.05, 4.69) is 53.7 Å². The first-order valence-electron chi connectivity index (χ1n) is 8.24. The molecule has 0 radical (unpaired) electrons. The highest BCUT2D eigenvalue weighted by Gasteiger charge is 2.34. The maximum absolute atomic E-state index is 12.6. The smallest absolute Gasteiger partial charge is 0.182 e. The molecule has 0 unspecified atom stereocenters. The van der Waals surface area contributed by atoms with Crippen LogP contribution in [0.5, 0.6) is 0 Å². The van der Waals surface area contributed by atoms with Gasteiger partial charge in [0, 0.05) is 5.57 Å². The van der Waals surface area contributed by atoms with Gasteiger partial charge in [-0.15, -0.1) is 0 Å². The lowest BCUT2D eigenvalue weighted by Gasteiger charge is -2.35. The van der Waals surface area contributed by atoms with Crippen LogP contribution in [-0.2, 0) is 4.79 Å². The van der Waals surface area contributed by atoms with Crippen molar-refractivity contribution >= 4 is 11.9 Å². The molecule has 2 heteroatoms. The van der Waals surface area contributed by atoms with Gasteiger partial charge in [-0.1, -0.05) is 59.8 Å². The van der Waals surface area contributed by atoms with Gasteiger partial charge in [0.15, 0.2) is 5.78 Å². The fraction of sp³-hybridized carbons (Fsp3) is 0.364. The van der Waals surface area contributed by atoms with Crippen molar-refractivity contribution in [3.8, 4) is 6.07 Å². The summed E-state index contributed by atoms with van der Waals surface area (Å²) in [7, 11) is 0. The number of benzene rings is 1. The Morgan fingerprint density at radius 3 is 1.88 bits per heavy atom. The second-order valence-electron chi connectivity index (χ2n) is 8.28. The Morgan fingerprint density at radius 1 is 0.875 bits per heavy atom. The van der Waals surface area contributed by atoms with E-state index >= 15 is 0 Å². The van der Waals surface area contributed by atoms with Crippen LogP contribution in [0.3, 0.4) is 0 Å². The van der Waals surface area contributed by atoms with Crippen molar-refractivity contribution in [3.05, 3.63) is 64.3 Å². The van der Waals surface area contributed by atoms with E-state index in [1.54, 1.807) is 6.08 Å². The number of carbonyl (C=O) groups excluding carboxylic acids is 1. The molecular weight excluding hydrogens is 294 g/mol. The highest BCUT2D eigenvalue weighted by Crippen LogP contribution is 2.43. The number of ketones is 1. The van der Waals surface area contributed by atoms with Gasteiger partial charge in [-0.25, -0.2) is 0 Å². The molecule has 0 fully saturated rings. The van der Waals surface area contributed by atoms with E-state index in [1.807, 2.05) is 30.3 Å². The third-order valence-electron chi connectivity index (χ3n) is 4.06. The third kappa shape index (κ3) is 3.74. The van der Waals surface area contributed by atoms with Crippen LogP contribution >= 0.6 is 0 Å². The van der Waals surface area contributed by atoms with Gasteiger partial charge in [0.25, 0.3) is 0 Å². The molecular formula is C22H25NO. The molecule has 1 aromatic rings. The van der Waals surface area contributed by atoms with Gasteiger partial charge in [0.1, 0.15) is 0 Å². The minimum atomic E-state index is -0.214. The lowest BCUT2D eigenvalue weighted by molar-refractivity contribution is -0.112. The summed E-state index contributed by atoms with van der Waals surface area (Å²) in [6.45, 7) is 12.7. The van der Waals surface area contributed by atoms with Gasteiger partial charge in [-0.05, 0) is 51.8 Å². The molecule has 0 amide bonds. The van der Waals surface area contributed by atoms with Gasteiger partial charge in [-0.2, -0.15) is 5.26 Å². The quantitative estimate of drug-likeness (QED) is 0.688. The van der Waals surface area contributed by atoms with Gasteiger partial charge >= 0.3 is 0 Å². The molecule has 0 heterocycles. The number of nitriles is 1. The topological polar surface area (TPSA) is 40.9 Å². The molecule has 0 bridgehead atoms. The van der Waals surface area contributed by atoms with Crippen LogP contribution in [0.25, 0.3) is 6.08 Å². The monoisotopic (exact) mass is 319 g/mol. The predicted octanol–water partition coefficient (Wildman–Crippen LogP) is 5.47. The van der Waals surface area contributed by atoms with Crippen LogP contribution in [0.4, 0.5) is 0 Å². The van der Waals surface area contributed by atoms with E-state index in [0.717, 1.165) is 22.3 Å². The zero-order valence-electron chi connectivity index (χ0n) is 15.4. The summed E-state index contributed by atoms with van der Waals surface area (Å²) in [6.07, 6.45) is 5.68. The van der Waals surface area contributed by atoms with Crippen molar-refractivity contribution in [3.63, 3.8) is 0 Å². The van der Waals surface area contributed by atoms with Crippen molar-refractivity contribution in [2.75, 3.05) is 0 Å². The van der Waals surface area contributed by atoms with Crippen molar-refractivity contribution in [2.45, 2.75) is 41.5 Å². The molecule has 24 heavy (non-hydrogen) atoms. The van der Waals surface area contributed by atoms with E-state index in [9.17, 15) is 4.79 Å². The van der Waals surface area contributed by atoms with Crippen molar-refractivity contribution in [2.24, 2.45) is 10.8 Å². The average Bonchev–Trinajstić information content (AvgIpc) is 2.47. The average molecular weight is 319 g/mol. The summed E-state index contributed by atoms with van der Waals surface area (Å²) >= 11 is 0. The second kappa shape index (κ2) is 6.24. The zero-order valence-corrected chi connectivity index (χ0v) is 15.4. The summed E-state index contributed by atoms with van der Waals surface area (Å²) in [6, 6.07) is 9.64. The Balaban J connectivity index is 2.65. The molecule has 0 atom stereocenters. The molecule has 2 rings (SSSR count). The van der Waals surface area contributed by atoms with Crippen LogP contribution in [0.15, 0.2) is 53.1 Å². The summed E-state index contributed by atoms with van der Waals surface area (Å²) in [5.74, 6) is 0.101. The maximum Gasteiger partial charge on any atom is 0.182 e. The van der Waals surface area contributed by atoms with Gasteiger partial charge in [0.2, 0.25) is 0 Å². The van der Waals surface area contributed by atoms with E-state index in [0.29, 0.717) is 5.56 Å². The van der Waals surface area contributed by atoms with Crippen molar-refractivity contribution in [1.82, 2.24) is 0 Å². The van der Waals surface area contributed by atoms with E-state index in [-0.39, 0.29) is 16.6 Å². The summed E-state index contributed by atoms with van der Waals surface area (Å²) in [5, 5.41) is 8.93. The molecule has 1 aliphatic carbocycles. The Bertz CT molecular complexity index is 782. The Labute approximate surface area is 145 Å². The van der Waals surface area contributed by atoms with Crippen LogP contribution in [0.2, 0.25) is 0 Å². The first kappa shape index (κ1) is 17.9. The Hall–Kier alpha value is -2.40. The molecule has 124 valence electrons. The second-order valence-corrected chi connectivity index (χ2v) is 8.28. The first-order valence-corrected chi connectivity index (χ1v) is 8.24. The lowest BCUT2D eigenvalue weighted by atomic mass is 9.68. The van der Waals surface area contributed by atoms with E-state index in [4.69, 9.17) is 5.26 Å². The number of carbonyl (C=O) groups is 1. The number of hydrogen-bond acceptors (Lipinski definition) is 2. The Morgan fingerprint density at radius 2 is 1.42 bits per heavy atom. The van der Waals surface area contributed by atoms with Gasteiger partial charge < -0.3 is 0 Å². The molecule has 0 aliphatic heterocycles. The summed E-state index contributed by atoms with van der Waals surface area (Å²) < 4.78 is 0. The number of hydrogen-bond donors (Lipinski definition) is 0. The predicted molar refractivity (Wildman–Crippen MR) is 99.2 cm³/mol. The van der Waals surface area contributed by atoms with Crippen LogP contribution in [0.1, 0.15) is 52.7 Å². The summed E-state index contributed by atoms with van der Waals surface area (Å²) in [5.41, 5.74) is 4.38. The van der Waals surface area contributed by atoms with Crippen LogP contribution in [0, 0.1) is 22.2 Å². The normalized spacial score (nSPS) is 17.4. The largest absolute Gasteiger partial charge is 0.290 e. The van der Waals surface area contributed by atoms with Crippen LogP contribution < -0.4 is 0 Å². The molecule has 2 nitrogen and oxygen atoms in total. The highest BCUT2D eigenvalue weighted by atomic mass is 16.1. The summed E-state index contributed by atoms with van der Waals surface area (Å²) in [4.78, 5) is 12.6. The van der Waals surface area contributed by atoms with Crippen molar-refractivity contribution in [1.29, 1.82) is 5.26 Å². The molecule has 1 aromatic carbocycles. The molecule has 1 aliphatic rings. The maximum atomic E-state index is 12.6. The number of nitrogens with zero attached hydrogens (tertiary/aromatic N) is 1. The highest BCUT2D eigenvalue weighted by molar-refractivity contribution is 6.08. The van der Waals surface area contributed by atoms with Crippen molar-refractivity contribution < 1.29 is 4.79 Å². The first-order chi connectivity index (χ1) is 11.0. The van der Waals surface area contributed by atoms with E-state index in [1.165, 1.54) is 0 Å².